The molecule has 2 rings (SSSR count). The number of nitrogens with zero attached hydrogens (tertiary/aromatic N) is 6. The van der Waals surface area contributed by atoms with Crippen molar-refractivity contribution in [3.63, 3.8) is 0 Å². The molecular weight excluding hydrogens is 244 g/mol. The fraction of sp³-hybridized carbons (Fsp3) is 0.455. The van der Waals surface area contributed by atoms with Crippen LogP contribution in [0.3, 0.4) is 0 Å². The van der Waals surface area contributed by atoms with Gasteiger partial charge in [-0.2, -0.15) is 15.0 Å². The van der Waals surface area contributed by atoms with Crippen molar-refractivity contribution in [2.24, 2.45) is 5.84 Å². The van der Waals surface area contributed by atoms with Crippen molar-refractivity contribution in [1.29, 1.82) is 0 Å². The normalized spacial score (nSPS) is 10.5. The van der Waals surface area contributed by atoms with Crippen LogP contribution in [0.25, 0.3) is 5.95 Å². The number of nitrogen functional groups attached to an aromatic ring is 1. The molecule has 0 fully saturated rings. The van der Waals surface area contributed by atoms with E-state index in [9.17, 15) is 0 Å². The molecule has 0 aromatic carbocycles. The van der Waals surface area contributed by atoms with Gasteiger partial charge in [-0.15, -0.1) is 0 Å². The first-order chi connectivity index (χ1) is 9.28. The Balaban J connectivity index is 2.41. The topological polar surface area (TPSA) is 97.8 Å². The van der Waals surface area contributed by atoms with Gasteiger partial charge in [0.15, 0.2) is 0 Å². The zero-order valence-corrected chi connectivity index (χ0v) is 11.1. The predicted molar refractivity (Wildman–Crippen MR) is 72.9 cm³/mol. The van der Waals surface area contributed by atoms with Crippen LogP contribution >= 0.6 is 0 Å². The summed E-state index contributed by atoms with van der Waals surface area (Å²) in [6.07, 6.45) is 6.10. The molecule has 0 saturated carbocycles. The molecule has 8 heteroatoms. The molecule has 0 atom stereocenters. The van der Waals surface area contributed by atoms with Crippen molar-refractivity contribution in [3.05, 3.63) is 18.7 Å². The summed E-state index contributed by atoms with van der Waals surface area (Å²) >= 11 is 0. The summed E-state index contributed by atoms with van der Waals surface area (Å²) in [6, 6.07) is 0. The van der Waals surface area contributed by atoms with Gasteiger partial charge < -0.3 is 4.90 Å². The van der Waals surface area contributed by atoms with Gasteiger partial charge in [-0.3, -0.25) is 9.99 Å². The number of anilines is 2. The number of hydrazine groups is 1. The molecule has 0 saturated heterocycles. The Labute approximate surface area is 111 Å². The Hall–Kier alpha value is -2.22. The number of rotatable bonds is 6. The summed E-state index contributed by atoms with van der Waals surface area (Å²) in [6.45, 7) is 5.88. The highest BCUT2D eigenvalue weighted by atomic mass is 15.4. The second kappa shape index (κ2) is 6.10. The number of hydrogen-bond donors (Lipinski definition) is 2. The second-order valence-corrected chi connectivity index (χ2v) is 3.95. The first-order valence-corrected chi connectivity index (χ1v) is 6.24. The van der Waals surface area contributed by atoms with Crippen molar-refractivity contribution in [2.45, 2.75) is 20.3 Å². The summed E-state index contributed by atoms with van der Waals surface area (Å²) < 4.78 is 1.71. The van der Waals surface area contributed by atoms with E-state index >= 15 is 0 Å². The molecule has 0 aliphatic heterocycles. The fourth-order valence-corrected chi connectivity index (χ4v) is 1.72. The van der Waals surface area contributed by atoms with Gasteiger partial charge in [-0.05, 0) is 13.3 Å². The number of aromatic nitrogens is 5. The Morgan fingerprint density at radius 2 is 2.16 bits per heavy atom. The van der Waals surface area contributed by atoms with Gasteiger partial charge >= 0.3 is 0 Å². The highest BCUT2D eigenvalue weighted by molar-refractivity contribution is 5.39. The molecule has 0 bridgehead atoms. The van der Waals surface area contributed by atoms with E-state index < -0.39 is 0 Å². The predicted octanol–water partition coefficient (Wildman–Crippen LogP) is 0.579. The van der Waals surface area contributed by atoms with Gasteiger partial charge in [0.1, 0.15) is 6.33 Å². The first kappa shape index (κ1) is 13.2. The monoisotopic (exact) mass is 262 g/mol. The average Bonchev–Trinajstić information content (AvgIpc) is 2.98. The Bertz CT molecular complexity index is 509. The molecule has 2 aromatic rings. The lowest BCUT2D eigenvalue weighted by molar-refractivity contribution is 0.749. The second-order valence-electron chi connectivity index (χ2n) is 3.95. The third-order valence-corrected chi connectivity index (χ3v) is 2.63. The minimum Gasteiger partial charge on any atom is -0.341 e. The Morgan fingerprint density at radius 3 is 2.74 bits per heavy atom. The van der Waals surface area contributed by atoms with Crippen LogP contribution in [0.2, 0.25) is 0 Å². The molecular formula is C11H18N8. The first-order valence-electron chi connectivity index (χ1n) is 6.24. The minimum absolute atomic E-state index is 0.336. The van der Waals surface area contributed by atoms with Crippen LogP contribution < -0.4 is 16.2 Å². The maximum Gasteiger partial charge on any atom is 0.243 e. The van der Waals surface area contributed by atoms with E-state index in [1.54, 1.807) is 23.3 Å². The van der Waals surface area contributed by atoms with E-state index in [-0.39, 0.29) is 0 Å². The van der Waals surface area contributed by atoms with Gasteiger partial charge in [-0.1, -0.05) is 6.92 Å². The number of nitrogens with one attached hydrogen (secondary N) is 1. The molecule has 2 aromatic heterocycles. The van der Waals surface area contributed by atoms with Crippen molar-refractivity contribution >= 4 is 11.9 Å². The Morgan fingerprint density at radius 1 is 1.32 bits per heavy atom. The summed E-state index contributed by atoms with van der Waals surface area (Å²) in [7, 11) is 0. The summed E-state index contributed by atoms with van der Waals surface area (Å²) in [5.41, 5.74) is 2.47. The quantitative estimate of drug-likeness (QED) is 0.580. The lowest BCUT2D eigenvalue weighted by Gasteiger charge is -2.20. The summed E-state index contributed by atoms with van der Waals surface area (Å²) in [5.74, 6) is 6.84. The minimum atomic E-state index is 0.336. The van der Waals surface area contributed by atoms with E-state index in [2.05, 4.69) is 44.1 Å². The highest BCUT2D eigenvalue weighted by Gasteiger charge is 2.12. The number of imidazole rings is 1. The molecule has 0 aliphatic rings. The molecule has 0 aliphatic carbocycles. The molecule has 8 nitrogen and oxygen atoms in total. The van der Waals surface area contributed by atoms with Crippen LogP contribution in [0.4, 0.5) is 11.9 Å². The maximum atomic E-state index is 5.41. The van der Waals surface area contributed by atoms with Gasteiger partial charge in [0.05, 0.1) is 0 Å². The van der Waals surface area contributed by atoms with Crippen LogP contribution in [0, 0.1) is 0 Å². The van der Waals surface area contributed by atoms with Gasteiger partial charge in [0.2, 0.25) is 17.8 Å². The largest absolute Gasteiger partial charge is 0.341 e. The molecule has 19 heavy (non-hydrogen) atoms. The fourth-order valence-electron chi connectivity index (χ4n) is 1.72. The summed E-state index contributed by atoms with van der Waals surface area (Å²) in [5, 5.41) is 0. The average molecular weight is 262 g/mol. The third-order valence-electron chi connectivity index (χ3n) is 2.63. The SMILES string of the molecule is CCCN(CC)c1nc(NN)nc(-n2ccnc2)n1. The Kier molecular flexibility index (Phi) is 4.24. The van der Waals surface area contributed by atoms with Crippen LogP contribution in [0.15, 0.2) is 18.7 Å². The highest BCUT2D eigenvalue weighted by Crippen LogP contribution is 2.13. The molecule has 0 radical (unpaired) electrons. The van der Waals surface area contributed by atoms with E-state index in [0.29, 0.717) is 17.8 Å². The van der Waals surface area contributed by atoms with Crippen molar-refractivity contribution < 1.29 is 0 Å². The molecule has 102 valence electrons. The van der Waals surface area contributed by atoms with Crippen LogP contribution in [0.5, 0.6) is 0 Å². The summed E-state index contributed by atoms with van der Waals surface area (Å²) in [4.78, 5) is 19.0. The zero-order valence-electron chi connectivity index (χ0n) is 11.1. The lowest BCUT2D eigenvalue weighted by atomic mass is 10.4. The van der Waals surface area contributed by atoms with Crippen LogP contribution in [0.1, 0.15) is 20.3 Å². The smallest absolute Gasteiger partial charge is 0.243 e. The van der Waals surface area contributed by atoms with Gasteiger partial charge in [-0.25, -0.2) is 10.8 Å². The van der Waals surface area contributed by atoms with E-state index in [1.165, 1.54) is 0 Å². The van der Waals surface area contributed by atoms with Gasteiger partial charge in [0.25, 0.3) is 0 Å². The van der Waals surface area contributed by atoms with Crippen LogP contribution in [-0.2, 0) is 0 Å². The van der Waals surface area contributed by atoms with E-state index in [0.717, 1.165) is 19.5 Å². The molecule has 0 unspecified atom stereocenters. The maximum absolute atomic E-state index is 5.41. The third kappa shape index (κ3) is 2.97. The number of nitrogens with two attached hydrogens (primary N) is 1. The van der Waals surface area contributed by atoms with Crippen molar-refractivity contribution in [2.75, 3.05) is 23.4 Å². The molecule has 0 spiro atoms. The molecule has 3 N–H and O–H groups in total. The van der Waals surface area contributed by atoms with Gasteiger partial charge in [0, 0.05) is 25.5 Å². The zero-order chi connectivity index (χ0) is 13.7. The lowest BCUT2D eigenvalue weighted by Crippen LogP contribution is -2.27. The number of hydrogen-bond acceptors (Lipinski definition) is 7. The van der Waals surface area contributed by atoms with E-state index in [4.69, 9.17) is 5.84 Å². The van der Waals surface area contributed by atoms with Crippen molar-refractivity contribution in [1.82, 2.24) is 24.5 Å². The van der Waals surface area contributed by atoms with Crippen LogP contribution in [-0.4, -0.2) is 37.6 Å². The molecule has 0 amide bonds. The van der Waals surface area contributed by atoms with E-state index in [1.807, 2.05) is 0 Å². The standard InChI is InChI=1S/C11H18N8/c1-3-6-18(4-2)10-14-9(17-12)15-11(16-10)19-7-5-13-8-19/h5,7-8H,3-4,6,12H2,1-2H3,(H,14,15,16,17). The molecule has 2 heterocycles. The van der Waals surface area contributed by atoms with Crippen molar-refractivity contribution in [3.8, 4) is 5.95 Å².